The van der Waals surface area contributed by atoms with Crippen molar-refractivity contribution in [2.24, 2.45) is 0 Å². The molecule has 3 heteroatoms. The van der Waals surface area contributed by atoms with E-state index in [0.29, 0.717) is 5.37 Å². The molecule has 1 nitrogen and oxygen atoms in total. The summed E-state index contributed by atoms with van der Waals surface area (Å²) in [7, 11) is 0. The highest BCUT2D eigenvalue weighted by molar-refractivity contribution is 9.07. The van der Waals surface area contributed by atoms with Gasteiger partial charge in [0.25, 0.3) is 0 Å². The Balaban J connectivity index is 2.59. The Hall–Kier alpha value is 0.370. The molecule has 46 valence electrons. The topological polar surface area (TPSA) is 3.24 Å². The summed E-state index contributed by atoms with van der Waals surface area (Å²) in [5.74, 6) is 0. The van der Waals surface area contributed by atoms with Crippen molar-refractivity contribution in [3.05, 3.63) is 11.1 Å². The lowest BCUT2D eigenvalue weighted by molar-refractivity contribution is 0.601. The second-order valence-electron chi connectivity index (χ2n) is 1.81. The maximum atomic E-state index is 3.41. The van der Waals surface area contributed by atoms with Crippen LogP contribution in [0.1, 0.15) is 13.8 Å². The number of hydrogen-bond acceptors (Lipinski definition) is 2. The van der Waals surface area contributed by atoms with E-state index in [1.807, 2.05) is 11.8 Å². The van der Waals surface area contributed by atoms with Gasteiger partial charge in [0.1, 0.15) is 0 Å². The van der Waals surface area contributed by atoms with Crippen LogP contribution in [-0.2, 0) is 0 Å². The van der Waals surface area contributed by atoms with Gasteiger partial charge in [-0.3, -0.25) is 3.93 Å². The molecular weight excluding hydrogens is 186 g/mol. The first-order valence-corrected chi connectivity index (χ1v) is 4.14. The molecule has 0 saturated heterocycles. The van der Waals surface area contributed by atoms with Crippen LogP contribution in [-0.4, -0.2) is 9.30 Å². The van der Waals surface area contributed by atoms with Crippen LogP contribution in [0.2, 0.25) is 0 Å². The number of allylic oxidation sites excluding steroid dienone is 1. The summed E-state index contributed by atoms with van der Waals surface area (Å²) in [6.07, 6.45) is 0. The zero-order valence-electron chi connectivity index (χ0n) is 4.89. The molecule has 0 aromatic heterocycles. The molecule has 8 heavy (non-hydrogen) atoms. The molecule has 0 radical (unpaired) electrons. The van der Waals surface area contributed by atoms with E-state index in [1.165, 1.54) is 5.70 Å². The largest absolute Gasteiger partial charge is 0.299 e. The number of nitrogens with zero attached hydrogens (tertiary/aromatic N) is 1. The molecule has 0 bridgehead atoms. The van der Waals surface area contributed by atoms with Gasteiger partial charge in [0.15, 0.2) is 0 Å². The van der Waals surface area contributed by atoms with Crippen LogP contribution in [0, 0.1) is 0 Å². The summed E-state index contributed by atoms with van der Waals surface area (Å²) in [6.45, 7) is 4.25. The third-order valence-electron chi connectivity index (χ3n) is 1.09. The summed E-state index contributed by atoms with van der Waals surface area (Å²) in [4.78, 5) is 0. The third-order valence-corrected chi connectivity index (χ3v) is 3.62. The van der Waals surface area contributed by atoms with Gasteiger partial charge in [0.05, 0.1) is 21.5 Å². The highest BCUT2D eigenvalue weighted by Crippen LogP contribution is 2.32. The molecule has 1 aliphatic rings. The Bertz CT molecular complexity index is 124. The fraction of sp³-hybridized carbons (Fsp3) is 0.600. The molecule has 0 aromatic carbocycles. The molecule has 0 aliphatic carbocycles. The van der Waals surface area contributed by atoms with Crippen LogP contribution in [0.25, 0.3) is 0 Å². The Morgan fingerprint density at radius 2 is 2.50 bits per heavy atom. The van der Waals surface area contributed by atoms with Gasteiger partial charge in [-0.1, -0.05) is 0 Å². The van der Waals surface area contributed by atoms with Crippen molar-refractivity contribution >= 4 is 27.9 Å². The van der Waals surface area contributed by atoms with Crippen molar-refractivity contribution in [1.29, 1.82) is 0 Å². The SMILES string of the molecule is CC1=CSC(C)N1Br. The molecule has 0 N–H and O–H groups in total. The first-order valence-electron chi connectivity index (χ1n) is 2.49. The van der Waals surface area contributed by atoms with Gasteiger partial charge >= 0.3 is 0 Å². The lowest BCUT2D eigenvalue weighted by atomic mass is 10.5. The minimum absolute atomic E-state index is 0.565. The zero-order chi connectivity index (χ0) is 6.15. The van der Waals surface area contributed by atoms with Crippen molar-refractivity contribution in [3.8, 4) is 0 Å². The van der Waals surface area contributed by atoms with Gasteiger partial charge in [0, 0.05) is 5.70 Å². The highest BCUT2D eigenvalue weighted by atomic mass is 79.9. The molecule has 0 spiro atoms. The first kappa shape index (κ1) is 6.49. The lowest BCUT2D eigenvalue weighted by Gasteiger charge is -2.14. The maximum absolute atomic E-state index is 3.41. The number of hydrogen-bond donors (Lipinski definition) is 0. The molecule has 1 aliphatic heterocycles. The van der Waals surface area contributed by atoms with Gasteiger partial charge in [-0.2, -0.15) is 0 Å². The molecule has 1 atom stereocenters. The second-order valence-corrected chi connectivity index (χ2v) is 3.76. The number of halogens is 1. The fourth-order valence-electron chi connectivity index (χ4n) is 0.587. The van der Waals surface area contributed by atoms with Crippen molar-refractivity contribution < 1.29 is 0 Å². The third kappa shape index (κ3) is 1.03. The quantitative estimate of drug-likeness (QED) is 0.545. The standard InChI is InChI=1S/C5H8BrNS/c1-4-3-8-5(2)7(4)6/h3,5H,1-2H3. The minimum atomic E-state index is 0.565. The molecule has 0 aromatic rings. The molecule has 0 amide bonds. The molecule has 0 fully saturated rings. The van der Waals surface area contributed by atoms with Crippen molar-refractivity contribution in [1.82, 2.24) is 3.93 Å². The Labute approximate surface area is 62.5 Å². The predicted octanol–water partition coefficient (Wildman–Crippen LogP) is 2.55. The van der Waals surface area contributed by atoms with Crippen LogP contribution in [0.4, 0.5) is 0 Å². The van der Waals surface area contributed by atoms with E-state index in [2.05, 4.69) is 39.3 Å². The molecule has 1 unspecified atom stereocenters. The van der Waals surface area contributed by atoms with E-state index in [9.17, 15) is 0 Å². The average molecular weight is 194 g/mol. The highest BCUT2D eigenvalue weighted by Gasteiger charge is 2.16. The summed E-state index contributed by atoms with van der Waals surface area (Å²) < 4.78 is 2.08. The molecule has 0 saturated carbocycles. The van der Waals surface area contributed by atoms with E-state index >= 15 is 0 Å². The number of thioether (sulfide) groups is 1. The van der Waals surface area contributed by atoms with Crippen molar-refractivity contribution in [2.75, 3.05) is 0 Å². The average Bonchev–Trinajstić information content (AvgIpc) is 1.98. The van der Waals surface area contributed by atoms with E-state index in [1.54, 1.807) is 0 Å². The van der Waals surface area contributed by atoms with Crippen LogP contribution in [0.5, 0.6) is 0 Å². The first-order chi connectivity index (χ1) is 3.72. The summed E-state index contributed by atoms with van der Waals surface area (Å²) in [5, 5.41) is 2.72. The van der Waals surface area contributed by atoms with E-state index in [4.69, 9.17) is 0 Å². The van der Waals surface area contributed by atoms with Crippen molar-refractivity contribution in [2.45, 2.75) is 19.2 Å². The lowest BCUT2D eigenvalue weighted by Crippen LogP contribution is -2.11. The van der Waals surface area contributed by atoms with Crippen molar-refractivity contribution in [3.63, 3.8) is 0 Å². The van der Waals surface area contributed by atoms with Gasteiger partial charge in [-0.25, -0.2) is 0 Å². The van der Waals surface area contributed by atoms with Gasteiger partial charge in [0.2, 0.25) is 0 Å². The summed E-state index contributed by atoms with van der Waals surface area (Å²) in [6, 6.07) is 0. The van der Waals surface area contributed by atoms with E-state index < -0.39 is 0 Å². The predicted molar refractivity (Wildman–Crippen MR) is 41.6 cm³/mol. The van der Waals surface area contributed by atoms with Crippen LogP contribution in [0.15, 0.2) is 11.1 Å². The Morgan fingerprint density at radius 3 is 2.62 bits per heavy atom. The number of rotatable bonds is 0. The second kappa shape index (κ2) is 2.31. The maximum Gasteiger partial charge on any atom is 0.0868 e. The molecule has 1 heterocycles. The van der Waals surface area contributed by atoms with Gasteiger partial charge in [-0.05, 0) is 19.3 Å². The fourth-order valence-corrected chi connectivity index (χ4v) is 1.90. The van der Waals surface area contributed by atoms with Gasteiger partial charge < -0.3 is 0 Å². The zero-order valence-corrected chi connectivity index (χ0v) is 7.29. The van der Waals surface area contributed by atoms with E-state index in [-0.39, 0.29) is 0 Å². The van der Waals surface area contributed by atoms with E-state index in [0.717, 1.165) is 0 Å². The monoisotopic (exact) mass is 193 g/mol. The Kier molecular flexibility index (Phi) is 1.88. The van der Waals surface area contributed by atoms with Gasteiger partial charge in [-0.15, -0.1) is 11.8 Å². The van der Waals surface area contributed by atoms with Crippen LogP contribution in [0.3, 0.4) is 0 Å². The Morgan fingerprint density at radius 1 is 1.88 bits per heavy atom. The normalized spacial score (nSPS) is 28.6. The molecule has 1 rings (SSSR count). The summed E-state index contributed by atoms with van der Waals surface area (Å²) in [5.41, 5.74) is 1.29. The van der Waals surface area contributed by atoms with Crippen LogP contribution < -0.4 is 0 Å². The molecular formula is C5H8BrNS. The van der Waals surface area contributed by atoms with Crippen LogP contribution >= 0.6 is 27.9 Å². The smallest absolute Gasteiger partial charge is 0.0868 e. The minimum Gasteiger partial charge on any atom is -0.299 e. The summed E-state index contributed by atoms with van der Waals surface area (Å²) >= 11 is 5.24.